The van der Waals surface area contributed by atoms with Crippen LogP contribution in [-0.4, -0.2) is 70.9 Å². The predicted octanol–water partition coefficient (Wildman–Crippen LogP) is 3.79. The van der Waals surface area contributed by atoms with Crippen molar-refractivity contribution in [1.82, 2.24) is 19.9 Å². The summed E-state index contributed by atoms with van der Waals surface area (Å²) in [6.07, 6.45) is 5.92. The van der Waals surface area contributed by atoms with Crippen LogP contribution in [0, 0.1) is 5.92 Å². The van der Waals surface area contributed by atoms with Crippen molar-refractivity contribution >= 4 is 34.1 Å². The molecule has 40 heavy (non-hydrogen) atoms. The molecule has 0 amide bonds. The van der Waals surface area contributed by atoms with Crippen LogP contribution in [0.3, 0.4) is 0 Å². The third kappa shape index (κ3) is 5.65. The number of nitrogens with zero attached hydrogens (tertiary/aromatic N) is 5. The lowest BCUT2D eigenvalue weighted by molar-refractivity contribution is -0.118. The molecule has 2 saturated heterocycles. The maximum absolute atomic E-state index is 12.9. The fourth-order valence-corrected chi connectivity index (χ4v) is 5.44. The molecule has 9 heteroatoms. The van der Waals surface area contributed by atoms with Gasteiger partial charge in [-0.1, -0.05) is 30.8 Å². The van der Waals surface area contributed by atoms with E-state index in [0.717, 1.165) is 71.2 Å². The molecular weight excluding hydrogens is 504 g/mol. The van der Waals surface area contributed by atoms with Crippen LogP contribution in [0.15, 0.2) is 67.6 Å². The Morgan fingerprint density at radius 2 is 1.80 bits per heavy atom. The lowest BCUT2D eigenvalue weighted by atomic mass is 9.93. The maximum Gasteiger partial charge on any atom is 0.155 e. The number of carbonyl (C=O) groups is 2. The number of allylic oxidation sites excluding steroid dienone is 1. The van der Waals surface area contributed by atoms with Gasteiger partial charge in [-0.15, -0.1) is 0 Å². The fraction of sp³-hybridized carbons (Fsp3) is 0.323. The van der Waals surface area contributed by atoms with E-state index in [9.17, 15) is 9.59 Å². The Morgan fingerprint density at radius 1 is 1.00 bits per heavy atom. The van der Waals surface area contributed by atoms with E-state index in [0.29, 0.717) is 32.0 Å². The number of ketones is 2. The first kappa shape index (κ1) is 25.9. The van der Waals surface area contributed by atoms with Crippen LogP contribution in [0.25, 0.3) is 22.3 Å². The number of H-pyrrole nitrogens is 1. The molecule has 2 aliphatic rings. The molecule has 0 aliphatic carbocycles. The first-order valence-corrected chi connectivity index (χ1v) is 13.7. The van der Waals surface area contributed by atoms with Gasteiger partial charge in [-0.25, -0.2) is 9.97 Å². The maximum atomic E-state index is 12.9. The Balaban J connectivity index is 1.07. The summed E-state index contributed by atoms with van der Waals surface area (Å²) >= 11 is 0. The quantitative estimate of drug-likeness (QED) is 0.305. The molecule has 0 atom stereocenters. The molecule has 1 aromatic carbocycles. The number of nitrogens with one attached hydrogen (secondary N) is 1. The monoisotopic (exact) mass is 536 g/mol. The highest BCUT2D eigenvalue weighted by Gasteiger charge is 2.28. The van der Waals surface area contributed by atoms with Crippen molar-refractivity contribution in [1.29, 1.82) is 0 Å². The van der Waals surface area contributed by atoms with Gasteiger partial charge in [-0.3, -0.25) is 14.6 Å². The van der Waals surface area contributed by atoms with Crippen molar-refractivity contribution in [3.05, 3.63) is 78.9 Å². The van der Waals surface area contributed by atoms with Crippen LogP contribution in [0.2, 0.25) is 0 Å². The number of aromatic nitrogens is 4. The molecule has 0 unspecified atom stereocenters. The molecule has 6 rings (SSSR count). The van der Waals surface area contributed by atoms with Crippen LogP contribution in [0.4, 0.5) is 11.5 Å². The van der Waals surface area contributed by atoms with E-state index in [1.54, 1.807) is 12.5 Å². The molecule has 2 fully saturated rings. The number of fused-ring (bicyclic) bond motifs is 1. The lowest BCUT2D eigenvalue weighted by Gasteiger charge is -2.40. The summed E-state index contributed by atoms with van der Waals surface area (Å²) < 4.78 is 5.48. The Labute approximate surface area is 232 Å². The lowest BCUT2D eigenvalue weighted by Crippen LogP contribution is -2.47. The largest absolute Gasteiger partial charge is 0.378 e. The zero-order chi connectivity index (χ0) is 27.5. The topological polar surface area (TPSA) is 104 Å². The highest BCUT2D eigenvalue weighted by molar-refractivity contribution is 5.92. The highest BCUT2D eigenvalue weighted by atomic mass is 16.5. The highest BCUT2D eigenvalue weighted by Crippen LogP contribution is 2.30. The molecule has 2 aliphatic heterocycles. The molecule has 0 bridgehead atoms. The van der Waals surface area contributed by atoms with Gasteiger partial charge in [0.25, 0.3) is 0 Å². The minimum absolute atomic E-state index is 0.0900. The normalized spacial score (nSPS) is 15.7. The van der Waals surface area contributed by atoms with Gasteiger partial charge >= 0.3 is 0 Å². The number of hydrogen-bond donors (Lipinski definition) is 1. The van der Waals surface area contributed by atoms with Crippen LogP contribution < -0.4 is 9.80 Å². The zero-order valence-electron chi connectivity index (χ0n) is 22.4. The molecule has 9 nitrogen and oxygen atoms in total. The summed E-state index contributed by atoms with van der Waals surface area (Å²) in [4.78, 5) is 45.7. The van der Waals surface area contributed by atoms with Gasteiger partial charge in [0.15, 0.2) is 5.78 Å². The van der Waals surface area contributed by atoms with Gasteiger partial charge in [0.1, 0.15) is 23.6 Å². The summed E-state index contributed by atoms with van der Waals surface area (Å²) in [6.45, 7) is 8.23. The number of benzene rings is 1. The Hall–Kier alpha value is -4.37. The molecule has 0 spiro atoms. The summed E-state index contributed by atoms with van der Waals surface area (Å²) in [6, 6.07) is 14.1. The summed E-state index contributed by atoms with van der Waals surface area (Å²) in [5.41, 5.74) is 5.57. The standard InChI is InChI=1S/C31H32N6O3/c1-2-26(38)14-22-18-37(19-22)25-7-8-32-24(15-25)16-27(39)13-21-3-5-23(6-4-21)29-17-28-30(35-29)33-20-34-31(28)36-9-11-40-12-10-36/h2-8,15,17,20,22H,1,9-14,16,18-19H2,(H,33,34,35). The van der Waals surface area contributed by atoms with E-state index in [2.05, 4.69) is 42.4 Å². The SMILES string of the molecule is C=CC(=O)CC1CN(c2ccnc(CC(=O)Cc3ccc(-c4cc5c(N6CCOCC6)ncnc5[nH]4)cc3)c2)C1. The number of rotatable bonds is 10. The van der Waals surface area contributed by atoms with Gasteiger partial charge in [0.05, 0.1) is 18.6 Å². The van der Waals surface area contributed by atoms with Crippen LogP contribution >= 0.6 is 0 Å². The van der Waals surface area contributed by atoms with Crippen molar-refractivity contribution < 1.29 is 14.3 Å². The minimum atomic E-state index is 0.0900. The molecule has 1 N–H and O–H groups in total. The van der Waals surface area contributed by atoms with Gasteiger partial charge in [0.2, 0.25) is 0 Å². The van der Waals surface area contributed by atoms with E-state index in [4.69, 9.17) is 4.74 Å². The van der Waals surface area contributed by atoms with Gasteiger partial charge < -0.3 is 19.5 Å². The van der Waals surface area contributed by atoms with Gasteiger partial charge in [-0.05, 0) is 35.4 Å². The van der Waals surface area contributed by atoms with Crippen molar-refractivity contribution in [2.75, 3.05) is 49.2 Å². The number of ether oxygens (including phenoxy) is 1. The van der Waals surface area contributed by atoms with E-state index < -0.39 is 0 Å². The third-order valence-electron chi connectivity index (χ3n) is 7.60. The molecule has 0 saturated carbocycles. The van der Waals surface area contributed by atoms with Gasteiger partial charge in [-0.2, -0.15) is 0 Å². The van der Waals surface area contributed by atoms with Gasteiger partial charge in [0, 0.05) is 74.6 Å². The Morgan fingerprint density at radius 3 is 2.58 bits per heavy atom. The first-order valence-electron chi connectivity index (χ1n) is 13.7. The summed E-state index contributed by atoms with van der Waals surface area (Å²) in [5, 5.41) is 0.993. The Kier molecular flexibility index (Phi) is 7.37. The molecule has 3 aromatic heterocycles. The molecule has 204 valence electrons. The van der Waals surface area contributed by atoms with E-state index in [-0.39, 0.29) is 18.0 Å². The Bertz CT molecular complexity index is 1530. The van der Waals surface area contributed by atoms with Crippen LogP contribution in [0.5, 0.6) is 0 Å². The smallest absolute Gasteiger partial charge is 0.155 e. The number of carbonyl (C=O) groups excluding carboxylic acids is 2. The molecule has 5 heterocycles. The van der Waals surface area contributed by atoms with Crippen molar-refractivity contribution in [2.24, 2.45) is 5.92 Å². The van der Waals surface area contributed by atoms with Crippen molar-refractivity contribution in [2.45, 2.75) is 19.3 Å². The average Bonchev–Trinajstić information content (AvgIpc) is 3.40. The number of morpholine rings is 1. The molecular formula is C31H32N6O3. The first-order chi connectivity index (χ1) is 19.6. The number of Topliss-reactive ketones (excluding diaryl/α,β-unsaturated/α-hetero) is 1. The average molecular weight is 537 g/mol. The van der Waals surface area contributed by atoms with Crippen LogP contribution in [-0.2, 0) is 27.2 Å². The second-order valence-electron chi connectivity index (χ2n) is 10.5. The summed E-state index contributed by atoms with van der Waals surface area (Å²) in [5.74, 6) is 1.49. The van der Waals surface area contributed by atoms with E-state index in [1.807, 2.05) is 36.4 Å². The van der Waals surface area contributed by atoms with Crippen molar-refractivity contribution in [3.8, 4) is 11.3 Å². The molecule has 0 radical (unpaired) electrons. The van der Waals surface area contributed by atoms with E-state index in [1.165, 1.54) is 6.08 Å². The van der Waals surface area contributed by atoms with Crippen LogP contribution in [0.1, 0.15) is 17.7 Å². The summed E-state index contributed by atoms with van der Waals surface area (Å²) in [7, 11) is 0. The number of anilines is 2. The zero-order valence-corrected chi connectivity index (χ0v) is 22.4. The van der Waals surface area contributed by atoms with E-state index >= 15 is 0 Å². The second kappa shape index (κ2) is 11.4. The number of pyridine rings is 1. The second-order valence-corrected chi connectivity index (χ2v) is 10.5. The van der Waals surface area contributed by atoms with Crippen molar-refractivity contribution in [3.63, 3.8) is 0 Å². The number of aromatic amines is 1. The fourth-order valence-electron chi connectivity index (χ4n) is 5.44. The molecule has 4 aromatic rings. The minimum Gasteiger partial charge on any atom is -0.378 e. The predicted molar refractivity (Wildman–Crippen MR) is 155 cm³/mol. The third-order valence-corrected chi connectivity index (χ3v) is 7.60. The number of hydrogen-bond acceptors (Lipinski definition) is 8.